The zero-order valence-electron chi connectivity index (χ0n) is 15.7. The largest absolute Gasteiger partial charge is 0.469 e. The fourth-order valence-corrected chi connectivity index (χ4v) is 3.48. The minimum absolute atomic E-state index is 0.152. The summed E-state index contributed by atoms with van der Waals surface area (Å²) in [6, 6.07) is 0. The summed E-state index contributed by atoms with van der Waals surface area (Å²) in [5, 5.41) is 19.0. The molecule has 0 aliphatic heterocycles. The molecular formula is C21H36O4. The van der Waals surface area contributed by atoms with Crippen LogP contribution in [0.3, 0.4) is 0 Å². The number of carbonyl (C=O) groups is 1. The van der Waals surface area contributed by atoms with Gasteiger partial charge in [-0.2, -0.15) is 0 Å². The molecule has 0 aromatic carbocycles. The molecule has 1 fully saturated rings. The second-order valence-electron chi connectivity index (χ2n) is 7.00. The van der Waals surface area contributed by atoms with Gasteiger partial charge in [0.05, 0.1) is 13.2 Å². The Bertz CT molecular complexity index is 403. The van der Waals surface area contributed by atoms with Crippen molar-refractivity contribution < 1.29 is 19.7 Å². The van der Waals surface area contributed by atoms with Crippen LogP contribution in [0, 0.1) is 11.8 Å². The molecule has 1 aliphatic rings. The maximum absolute atomic E-state index is 11.0. The minimum Gasteiger partial charge on any atom is -0.469 e. The average Bonchev–Trinajstić information content (AvgIpc) is 2.97. The van der Waals surface area contributed by atoms with Gasteiger partial charge in [-0.3, -0.25) is 4.79 Å². The van der Waals surface area contributed by atoms with Gasteiger partial charge in [0.1, 0.15) is 0 Å². The normalized spacial score (nSPS) is 23.7. The Balaban J connectivity index is 2.22. The maximum atomic E-state index is 11.0. The number of aliphatic hydroxyl groups is 2. The first kappa shape index (κ1) is 21.9. The average molecular weight is 353 g/mol. The summed E-state index contributed by atoms with van der Waals surface area (Å²) in [4.78, 5) is 11.0. The fraction of sp³-hybridized carbons (Fsp3) is 0.762. The van der Waals surface area contributed by atoms with Crippen molar-refractivity contribution in [3.8, 4) is 0 Å². The molecule has 0 bridgehead atoms. The monoisotopic (exact) mass is 352 g/mol. The van der Waals surface area contributed by atoms with E-state index in [1.807, 2.05) is 0 Å². The molecule has 25 heavy (non-hydrogen) atoms. The highest BCUT2D eigenvalue weighted by Crippen LogP contribution is 2.36. The van der Waals surface area contributed by atoms with E-state index in [0.29, 0.717) is 24.9 Å². The summed E-state index contributed by atoms with van der Waals surface area (Å²) in [6.45, 7) is 0.299. The third-order valence-corrected chi connectivity index (χ3v) is 5.06. The lowest BCUT2D eigenvalue weighted by atomic mass is 9.90. The topological polar surface area (TPSA) is 66.8 Å². The van der Waals surface area contributed by atoms with Gasteiger partial charge in [-0.1, -0.05) is 37.1 Å². The van der Waals surface area contributed by atoms with Crippen LogP contribution in [0.25, 0.3) is 0 Å². The van der Waals surface area contributed by atoms with Crippen molar-refractivity contribution in [3.63, 3.8) is 0 Å². The number of unbranched alkanes of at least 4 members (excludes halogenated alkanes) is 5. The first-order valence-electron chi connectivity index (χ1n) is 9.86. The predicted octanol–water partition coefficient (Wildman–Crippen LogP) is 4.16. The van der Waals surface area contributed by atoms with Gasteiger partial charge in [-0.15, -0.1) is 0 Å². The third-order valence-electron chi connectivity index (χ3n) is 5.06. The molecule has 3 atom stereocenters. The van der Waals surface area contributed by atoms with Crippen molar-refractivity contribution in [3.05, 3.63) is 24.3 Å². The van der Waals surface area contributed by atoms with E-state index in [1.165, 1.54) is 20.0 Å². The number of carbonyl (C=O) groups excluding carboxylic acids is 1. The fourth-order valence-electron chi connectivity index (χ4n) is 3.48. The van der Waals surface area contributed by atoms with E-state index < -0.39 is 0 Å². The van der Waals surface area contributed by atoms with Gasteiger partial charge in [0.25, 0.3) is 0 Å². The molecule has 1 saturated carbocycles. The Morgan fingerprint density at radius 2 is 1.80 bits per heavy atom. The lowest BCUT2D eigenvalue weighted by Crippen LogP contribution is -2.17. The first-order valence-corrected chi connectivity index (χ1v) is 9.86. The SMILES string of the molecule is COC(=O)CCC/C=C\C[C@@H]1[C@H](C=CCCCCCCO)CC[C@@H]1O. The zero-order chi connectivity index (χ0) is 18.3. The molecule has 2 N–H and O–H groups in total. The number of aliphatic hydroxyl groups excluding tert-OH is 2. The van der Waals surface area contributed by atoms with Crippen molar-refractivity contribution in [2.75, 3.05) is 13.7 Å². The van der Waals surface area contributed by atoms with Crippen LogP contribution < -0.4 is 0 Å². The van der Waals surface area contributed by atoms with Gasteiger partial charge in [0.2, 0.25) is 0 Å². The van der Waals surface area contributed by atoms with E-state index in [-0.39, 0.29) is 12.1 Å². The van der Waals surface area contributed by atoms with Crippen molar-refractivity contribution in [1.82, 2.24) is 0 Å². The second kappa shape index (κ2) is 14.1. The van der Waals surface area contributed by atoms with Gasteiger partial charge in [-0.25, -0.2) is 0 Å². The molecule has 0 unspecified atom stereocenters. The van der Waals surface area contributed by atoms with E-state index in [0.717, 1.165) is 51.4 Å². The summed E-state index contributed by atoms with van der Waals surface area (Å²) in [5.74, 6) is 0.649. The molecular weight excluding hydrogens is 316 g/mol. The highest BCUT2D eigenvalue weighted by molar-refractivity contribution is 5.69. The molecule has 4 nitrogen and oxygen atoms in total. The standard InChI is InChI=1S/C21H36O4/c1-25-21(24)14-10-6-5-9-13-19-18(15-16-20(19)23)12-8-4-2-3-7-11-17-22/h5,8-9,12,18-20,22-23H,2-4,6-7,10-11,13-17H2,1H3/b9-5-,12-8?/t18-,19-,20+/m1/s1. The molecule has 0 amide bonds. The maximum Gasteiger partial charge on any atom is 0.305 e. The highest BCUT2D eigenvalue weighted by atomic mass is 16.5. The van der Waals surface area contributed by atoms with E-state index in [9.17, 15) is 9.90 Å². The van der Waals surface area contributed by atoms with E-state index in [2.05, 4.69) is 29.0 Å². The summed E-state index contributed by atoms with van der Waals surface area (Å²) in [6.07, 6.45) is 19.2. The van der Waals surface area contributed by atoms with Gasteiger partial charge in [0.15, 0.2) is 0 Å². The molecule has 0 radical (unpaired) electrons. The van der Waals surface area contributed by atoms with Crippen LogP contribution in [-0.2, 0) is 9.53 Å². The molecule has 144 valence electrons. The second-order valence-corrected chi connectivity index (χ2v) is 7.00. The van der Waals surface area contributed by atoms with E-state index >= 15 is 0 Å². The molecule has 1 aliphatic carbocycles. The number of esters is 1. The number of rotatable bonds is 13. The smallest absolute Gasteiger partial charge is 0.305 e. The summed E-state index contributed by atoms with van der Waals surface area (Å²) >= 11 is 0. The molecule has 0 spiro atoms. The van der Waals surface area contributed by atoms with Crippen LogP contribution in [0.15, 0.2) is 24.3 Å². The number of allylic oxidation sites excluding steroid dienone is 4. The summed E-state index contributed by atoms with van der Waals surface area (Å²) < 4.78 is 4.63. The van der Waals surface area contributed by atoms with Crippen LogP contribution in [0.2, 0.25) is 0 Å². The minimum atomic E-state index is -0.195. The van der Waals surface area contributed by atoms with Crippen LogP contribution in [0.4, 0.5) is 0 Å². The van der Waals surface area contributed by atoms with Crippen molar-refractivity contribution in [2.24, 2.45) is 11.8 Å². The molecule has 0 aromatic rings. The Morgan fingerprint density at radius 1 is 1.04 bits per heavy atom. The highest BCUT2D eigenvalue weighted by Gasteiger charge is 2.32. The quantitative estimate of drug-likeness (QED) is 0.297. The van der Waals surface area contributed by atoms with Crippen molar-refractivity contribution >= 4 is 5.97 Å². The van der Waals surface area contributed by atoms with Crippen molar-refractivity contribution in [2.45, 2.75) is 76.7 Å². The molecule has 0 heterocycles. The van der Waals surface area contributed by atoms with Crippen LogP contribution in [0.5, 0.6) is 0 Å². The third kappa shape index (κ3) is 9.81. The Morgan fingerprint density at radius 3 is 2.56 bits per heavy atom. The lowest BCUT2D eigenvalue weighted by molar-refractivity contribution is -0.140. The number of ether oxygens (including phenoxy) is 1. The van der Waals surface area contributed by atoms with Crippen molar-refractivity contribution in [1.29, 1.82) is 0 Å². The molecule has 0 saturated heterocycles. The number of methoxy groups -OCH3 is 1. The van der Waals surface area contributed by atoms with E-state index in [4.69, 9.17) is 5.11 Å². The van der Waals surface area contributed by atoms with E-state index in [1.54, 1.807) is 0 Å². The van der Waals surface area contributed by atoms with Gasteiger partial charge >= 0.3 is 5.97 Å². The lowest BCUT2D eigenvalue weighted by Gasteiger charge is -2.17. The van der Waals surface area contributed by atoms with Gasteiger partial charge in [-0.05, 0) is 63.2 Å². The molecule has 0 aromatic heterocycles. The Labute approximate surface area is 153 Å². The number of hydrogen-bond acceptors (Lipinski definition) is 4. The zero-order valence-corrected chi connectivity index (χ0v) is 15.7. The van der Waals surface area contributed by atoms with Crippen LogP contribution in [0.1, 0.15) is 70.6 Å². The van der Waals surface area contributed by atoms with Crippen LogP contribution >= 0.6 is 0 Å². The molecule has 1 rings (SSSR count). The Hall–Kier alpha value is -1.13. The first-order chi connectivity index (χ1) is 12.2. The number of hydrogen-bond donors (Lipinski definition) is 2. The molecule has 4 heteroatoms. The summed E-state index contributed by atoms with van der Waals surface area (Å²) in [7, 11) is 1.42. The van der Waals surface area contributed by atoms with Gasteiger partial charge in [0, 0.05) is 13.0 Å². The summed E-state index contributed by atoms with van der Waals surface area (Å²) in [5.41, 5.74) is 0. The van der Waals surface area contributed by atoms with Gasteiger partial charge < -0.3 is 14.9 Å². The van der Waals surface area contributed by atoms with Crippen LogP contribution in [-0.4, -0.2) is 36.0 Å². The predicted molar refractivity (Wildman–Crippen MR) is 101 cm³/mol. The Kier molecular flexibility index (Phi) is 12.3.